The van der Waals surface area contributed by atoms with Gasteiger partial charge >= 0.3 is 6.61 Å². The van der Waals surface area contributed by atoms with Crippen molar-refractivity contribution < 1.29 is 13.5 Å². The number of hydrogen-bond acceptors (Lipinski definition) is 2. The first-order chi connectivity index (χ1) is 8.63. The van der Waals surface area contributed by atoms with Crippen LogP contribution < -0.4 is 10.1 Å². The van der Waals surface area contributed by atoms with E-state index in [-0.39, 0.29) is 11.8 Å². The summed E-state index contributed by atoms with van der Waals surface area (Å²) >= 11 is 0. The highest BCUT2D eigenvalue weighted by molar-refractivity contribution is 5.28. The Morgan fingerprint density at radius 2 is 1.83 bits per heavy atom. The molecule has 0 aliphatic carbocycles. The standard InChI is InChI=1S/C14H21F2NO/c1-3-4-5-10-17-11(2)12-6-8-13(9-7-12)18-14(15)16/h6-9,11,14,17H,3-5,10H2,1-2H3. The SMILES string of the molecule is CCCCCNC(C)c1ccc(OC(F)F)cc1. The van der Waals surface area contributed by atoms with E-state index in [4.69, 9.17) is 0 Å². The third-order valence-corrected chi connectivity index (χ3v) is 2.84. The maximum Gasteiger partial charge on any atom is 0.387 e. The van der Waals surface area contributed by atoms with Crippen LogP contribution in [0.15, 0.2) is 24.3 Å². The minimum atomic E-state index is -2.76. The van der Waals surface area contributed by atoms with Crippen LogP contribution in [0.2, 0.25) is 0 Å². The Hall–Kier alpha value is -1.16. The van der Waals surface area contributed by atoms with Gasteiger partial charge in [0.15, 0.2) is 0 Å². The number of alkyl halides is 2. The second-order valence-corrected chi connectivity index (χ2v) is 4.33. The van der Waals surface area contributed by atoms with Gasteiger partial charge in [-0.1, -0.05) is 31.9 Å². The van der Waals surface area contributed by atoms with Gasteiger partial charge in [0.1, 0.15) is 5.75 Å². The predicted molar refractivity (Wildman–Crippen MR) is 69.0 cm³/mol. The maximum absolute atomic E-state index is 12.0. The van der Waals surface area contributed by atoms with Gasteiger partial charge in [-0.2, -0.15) is 8.78 Å². The minimum absolute atomic E-state index is 0.201. The van der Waals surface area contributed by atoms with Crippen molar-refractivity contribution in [1.29, 1.82) is 0 Å². The Bertz CT molecular complexity index is 327. The minimum Gasteiger partial charge on any atom is -0.435 e. The Labute approximate surface area is 107 Å². The van der Waals surface area contributed by atoms with Crippen molar-refractivity contribution in [3.63, 3.8) is 0 Å². The van der Waals surface area contributed by atoms with Crippen LogP contribution in [-0.4, -0.2) is 13.2 Å². The van der Waals surface area contributed by atoms with Gasteiger partial charge < -0.3 is 10.1 Å². The van der Waals surface area contributed by atoms with Gasteiger partial charge in [-0.25, -0.2) is 0 Å². The normalized spacial score (nSPS) is 12.7. The highest BCUT2D eigenvalue weighted by Crippen LogP contribution is 2.19. The molecule has 0 fully saturated rings. The van der Waals surface area contributed by atoms with E-state index in [9.17, 15) is 8.78 Å². The highest BCUT2D eigenvalue weighted by Gasteiger charge is 2.07. The molecular formula is C14H21F2NO. The van der Waals surface area contributed by atoms with E-state index in [0.29, 0.717) is 0 Å². The van der Waals surface area contributed by atoms with E-state index in [1.54, 1.807) is 12.1 Å². The summed E-state index contributed by atoms with van der Waals surface area (Å²) < 4.78 is 28.3. The van der Waals surface area contributed by atoms with E-state index >= 15 is 0 Å². The summed E-state index contributed by atoms with van der Waals surface area (Å²) in [7, 11) is 0. The number of unbranched alkanes of at least 4 members (excludes halogenated alkanes) is 2. The van der Waals surface area contributed by atoms with E-state index in [0.717, 1.165) is 18.5 Å². The molecule has 0 saturated carbocycles. The number of ether oxygens (including phenoxy) is 1. The molecular weight excluding hydrogens is 236 g/mol. The molecule has 0 bridgehead atoms. The number of nitrogens with one attached hydrogen (secondary N) is 1. The number of rotatable bonds is 8. The molecule has 102 valence electrons. The molecule has 0 spiro atoms. The molecule has 1 atom stereocenters. The number of hydrogen-bond donors (Lipinski definition) is 1. The summed E-state index contributed by atoms with van der Waals surface area (Å²) in [5.74, 6) is 0.201. The van der Waals surface area contributed by atoms with Crippen molar-refractivity contribution in [1.82, 2.24) is 5.32 Å². The van der Waals surface area contributed by atoms with Crippen LogP contribution in [0.25, 0.3) is 0 Å². The predicted octanol–water partition coefficient (Wildman–Crippen LogP) is 4.13. The highest BCUT2D eigenvalue weighted by atomic mass is 19.3. The average molecular weight is 257 g/mol. The fourth-order valence-corrected chi connectivity index (χ4v) is 1.75. The molecule has 1 aromatic rings. The lowest BCUT2D eigenvalue weighted by molar-refractivity contribution is -0.0498. The lowest BCUT2D eigenvalue weighted by Gasteiger charge is -2.14. The van der Waals surface area contributed by atoms with Gasteiger partial charge in [-0.15, -0.1) is 0 Å². The molecule has 0 aromatic heterocycles. The fourth-order valence-electron chi connectivity index (χ4n) is 1.75. The van der Waals surface area contributed by atoms with Crippen molar-refractivity contribution in [2.24, 2.45) is 0 Å². The van der Waals surface area contributed by atoms with E-state index in [1.165, 1.54) is 12.8 Å². The van der Waals surface area contributed by atoms with Crippen LogP contribution in [0, 0.1) is 0 Å². The summed E-state index contributed by atoms with van der Waals surface area (Å²) in [4.78, 5) is 0. The van der Waals surface area contributed by atoms with Crippen LogP contribution in [0.5, 0.6) is 5.75 Å². The average Bonchev–Trinajstić information content (AvgIpc) is 2.34. The van der Waals surface area contributed by atoms with Crippen molar-refractivity contribution in [3.05, 3.63) is 29.8 Å². The third kappa shape index (κ3) is 5.45. The molecule has 0 aliphatic rings. The first-order valence-corrected chi connectivity index (χ1v) is 6.41. The number of benzene rings is 1. The second kappa shape index (κ2) is 8.03. The largest absolute Gasteiger partial charge is 0.435 e. The molecule has 1 N–H and O–H groups in total. The Kier molecular flexibility index (Phi) is 6.65. The Morgan fingerprint density at radius 1 is 1.17 bits per heavy atom. The topological polar surface area (TPSA) is 21.3 Å². The molecule has 1 unspecified atom stereocenters. The molecule has 0 heterocycles. The van der Waals surface area contributed by atoms with Gasteiger partial charge in [-0.3, -0.25) is 0 Å². The van der Waals surface area contributed by atoms with Crippen molar-refractivity contribution >= 4 is 0 Å². The zero-order valence-corrected chi connectivity index (χ0v) is 11.0. The number of halogens is 2. The molecule has 1 aromatic carbocycles. The third-order valence-electron chi connectivity index (χ3n) is 2.84. The summed E-state index contributed by atoms with van der Waals surface area (Å²) in [6.07, 6.45) is 3.59. The van der Waals surface area contributed by atoms with E-state index in [2.05, 4.69) is 23.9 Å². The van der Waals surface area contributed by atoms with Crippen LogP contribution in [0.3, 0.4) is 0 Å². The molecule has 0 aliphatic heterocycles. The fraction of sp³-hybridized carbons (Fsp3) is 0.571. The molecule has 4 heteroatoms. The summed E-state index contributed by atoms with van der Waals surface area (Å²) in [6, 6.07) is 7.00. The van der Waals surface area contributed by atoms with Gasteiger partial charge in [0.2, 0.25) is 0 Å². The molecule has 0 radical (unpaired) electrons. The van der Waals surface area contributed by atoms with Crippen LogP contribution >= 0.6 is 0 Å². The molecule has 0 amide bonds. The summed E-state index contributed by atoms with van der Waals surface area (Å²) in [6.45, 7) is 2.45. The first kappa shape index (κ1) is 14.9. The zero-order valence-electron chi connectivity index (χ0n) is 11.0. The summed E-state index contributed by atoms with van der Waals surface area (Å²) in [5.41, 5.74) is 1.08. The lowest BCUT2D eigenvalue weighted by atomic mass is 10.1. The Balaban J connectivity index is 2.41. The van der Waals surface area contributed by atoms with Gasteiger partial charge in [-0.05, 0) is 37.6 Å². The van der Waals surface area contributed by atoms with Gasteiger partial charge in [0.25, 0.3) is 0 Å². The maximum atomic E-state index is 12.0. The van der Waals surface area contributed by atoms with Crippen LogP contribution in [0.1, 0.15) is 44.7 Å². The first-order valence-electron chi connectivity index (χ1n) is 6.41. The zero-order chi connectivity index (χ0) is 13.4. The van der Waals surface area contributed by atoms with Crippen molar-refractivity contribution in [2.45, 2.75) is 45.8 Å². The van der Waals surface area contributed by atoms with Crippen LogP contribution in [0.4, 0.5) is 8.78 Å². The van der Waals surface area contributed by atoms with E-state index in [1.807, 2.05) is 12.1 Å². The second-order valence-electron chi connectivity index (χ2n) is 4.33. The van der Waals surface area contributed by atoms with Crippen molar-refractivity contribution in [2.75, 3.05) is 6.54 Å². The molecule has 18 heavy (non-hydrogen) atoms. The smallest absolute Gasteiger partial charge is 0.387 e. The molecule has 0 saturated heterocycles. The van der Waals surface area contributed by atoms with Gasteiger partial charge in [0, 0.05) is 6.04 Å². The van der Waals surface area contributed by atoms with Crippen LogP contribution in [-0.2, 0) is 0 Å². The molecule has 1 rings (SSSR count). The Morgan fingerprint density at radius 3 is 2.39 bits per heavy atom. The molecule has 2 nitrogen and oxygen atoms in total. The monoisotopic (exact) mass is 257 g/mol. The van der Waals surface area contributed by atoms with Gasteiger partial charge in [0.05, 0.1) is 0 Å². The van der Waals surface area contributed by atoms with E-state index < -0.39 is 6.61 Å². The quantitative estimate of drug-likeness (QED) is 0.707. The summed E-state index contributed by atoms with van der Waals surface area (Å²) in [5, 5.41) is 3.40. The lowest BCUT2D eigenvalue weighted by Crippen LogP contribution is -2.19. The van der Waals surface area contributed by atoms with Crippen molar-refractivity contribution in [3.8, 4) is 5.75 Å².